The maximum absolute atomic E-state index is 11.6. The minimum atomic E-state index is -0.309. The number of halogens is 1. The molecule has 0 N–H and O–H groups in total. The van der Waals surface area contributed by atoms with Crippen LogP contribution in [0.5, 0.6) is 0 Å². The number of aryl methyl sites for hydroxylation is 1. The van der Waals surface area contributed by atoms with E-state index in [0.717, 1.165) is 29.7 Å². The monoisotopic (exact) mass is 293 g/mol. The fourth-order valence-electron chi connectivity index (χ4n) is 2.09. The summed E-state index contributed by atoms with van der Waals surface area (Å²) in [5.74, 6) is 0. The van der Waals surface area contributed by atoms with Crippen molar-refractivity contribution in [3.63, 3.8) is 0 Å². The number of nitrogens with zero attached hydrogens (tertiary/aromatic N) is 1. The third-order valence-electron chi connectivity index (χ3n) is 3.30. The second kappa shape index (κ2) is 3.88. The second-order valence-corrected chi connectivity index (χ2v) is 5.14. The minimum absolute atomic E-state index is 0.309. The van der Waals surface area contributed by atoms with Crippen LogP contribution in [0.1, 0.15) is 12.0 Å². The van der Waals surface area contributed by atoms with E-state index < -0.39 is 0 Å². The van der Waals surface area contributed by atoms with E-state index in [1.54, 1.807) is 0 Å². The van der Waals surface area contributed by atoms with Crippen molar-refractivity contribution in [2.75, 3.05) is 18.0 Å². The minimum Gasteiger partial charge on any atom is -0.422 e. The van der Waals surface area contributed by atoms with Gasteiger partial charge < -0.3 is 9.32 Å². The molecule has 17 heavy (non-hydrogen) atoms. The van der Waals surface area contributed by atoms with Gasteiger partial charge >= 0.3 is 5.63 Å². The Morgan fingerprint density at radius 3 is 2.76 bits per heavy atom. The summed E-state index contributed by atoms with van der Waals surface area (Å²) in [5.41, 5.74) is 2.43. The summed E-state index contributed by atoms with van der Waals surface area (Å²) in [6.07, 6.45) is 1.24. The molecule has 1 aliphatic heterocycles. The predicted octanol–water partition coefficient (Wildman–Crippen LogP) is 3.07. The molecule has 1 fully saturated rings. The molecule has 0 radical (unpaired) electrons. The van der Waals surface area contributed by atoms with E-state index in [0.29, 0.717) is 10.1 Å². The number of fused-ring (bicyclic) bond motifs is 1. The van der Waals surface area contributed by atoms with Gasteiger partial charge in [0.15, 0.2) is 0 Å². The highest BCUT2D eigenvalue weighted by molar-refractivity contribution is 9.10. The van der Waals surface area contributed by atoms with Gasteiger partial charge in [-0.05, 0) is 47.0 Å². The van der Waals surface area contributed by atoms with Crippen LogP contribution < -0.4 is 10.5 Å². The van der Waals surface area contributed by atoms with Crippen molar-refractivity contribution in [1.29, 1.82) is 0 Å². The highest BCUT2D eigenvalue weighted by Crippen LogP contribution is 2.28. The molecule has 0 bridgehead atoms. The van der Waals surface area contributed by atoms with Crippen LogP contribution in [-0.2, 0) is 0 Å². The SMILES string of the molecule is Cc1c(Br)c(=O)oc2cc(N3CCC3)ccc12. The van der Waals surface area contributed by atoms with E-state index in [1.165, 1.54) is 6.42 Å². The Morgan fingerprint density at radius 2 is 2.12 bits per heavy atom. The van der Waals surface area contributed by atoms with Crippen LogP contribution in [0.15, 0.2) is 31.9 Å². The zero-order chi connectivity index (χ0) is 12.0. The first-order valence-corrected chi connectivity index (χ1v) is 6.44. The van der Waals surface area contributed by atoms with Crippen LogP contribution in [-0.4, -0.2) is 13.1 Å². The molecule has 3 rings (SSSR count). The van der Waals surface area contributed by atoms with E-state index in [1.807, 2.05) is 19.1 Å². The normalized spacial score (nSPS) is 15.1. The summed E-state index contributed by atoms with van der Waals surface area (Å²) in [5, 5.41) is 0.987. The molecule has 0 atom stereocenters. The zero-order valence-corrected chi connectivity index (χ0v) is 11.1. The lowest BCUT2D eigenvalue weighted by atomic mass is 10.1. The van der Waals surface area contributed by atoms with Gasteiger partial charge in [0.05, 0.1) is 0 Å². The van der Waals surface area contributed by atoms with Crippen molar-refractivity contribution in [1.82, 2.24) is 0 Å². The lowest BCUT2D eigenvalue weighted by Crippen LogP contribution is -2.36. The summed E-state index contributed by atoms with van der Waals surface area (Å²) in [4.78, 5) is 13.9. The number of rotatable bonds is 1. The highest BCUT2D eigenvalue weighted by atomic mass is 79.9. The van der Waals surface area contributed by atoms with E-state index in [-0.39, 0.29) is 5.63 Å². The quantitative estimate of drug-likeness (QED) is 0.758. The molecule has 4 heteroatoms. The van der Waals surface area contributed by atoms with Crippen molar-refractivity contribution >= 4 is 32.6 Å². The van der Waals surface area contributed by atoms with Crippen molar-refractivity contribution in [3.8, 4) is 0 Å². The summed E-state index contributed by atoms with van der Waals surface area (Å²) >= 11 is 3.26. The average Bonchev–Trinajstić information content (AvgIpc) is 2.23. The Bertz CT molecular complexity index is 644. The predicted molar refractivity (Wildman–Crippen MR) is 71.8 cm³/mol. The Labute approximate surface area is 107 Å². The van der Waals surface area contributed by atoms with Gasteiger partial charge in [-0.1, -0.05) is 0 Å². The summed E-state index contributed by atoms with van der Waals surface area (Å²) in [6, 6.07) is 6.06. The molecular weight excluding hydrogens is 282 g/mol. The molecular formula is C13H12BrNO2. The van der Waals surface area contributed by atoms with Crippen molar-refractivity contribution in [2.45, 2.75) is 13.3 Å². The van der Waals surface area contributed by atoms with E-state index in [2.05, 4.69) is 26.9 Å². The molecule has 1 aromatic heterocycles. The molecule has 2 heterocycles. The Balaban J connectivity index is 2.22. The first-order valence-electron chi connectivity index (χ1n) is 5.65. The Kier molecular flexibility index (Phi) is 2.47. The van der Waals surface area contributed by atoms with Crippen LogP contribution >= 0.6 is 15.9 Å². The molecule has 0 unspecified atom stereocenters. The zero-order valence-electron chi connectivity index (χ0n) is 9.50. The largest absolute Gasteiger partial charge is 0.422 e. The Hall–Kier alpha value is -1.29. The average molecular weight is 294 g/mol. The lowest BCUT2D eigenvalue weighted by Gasteiger charge is -2.33. The number of anilines is 1. The van der Waals surface area contributed by atoms with Crippen molar-refractivity contribution in [2.24, 2.45) is 0 Å². The van der Waals surface area contributed by atoms with Gasteiger partial charge in [-0.2, -0.15) is 0 Å². The first-order chi connectivity index (χ1) is 8.16. The van der Waals surface area contributed by atoms with Crippen LogP contribution in [0.3, 0.4) is 0 Å². The third kappa shape index (κ3) is 1.67. The van der Waals surface area contributed by atoms with Crippen LogP contribution in [0.2, 0.25) is 0 Å². The summed E-state index contributed by atoms with van der Waals surface area (Å²) in [6.45, 7) is 4.10. The summed E-state index contributed by atoms with van der Waals surface area (Å²) in [7, 11) is 0. The standard InChI is InChI=1S/C13H12BrNO2/c1-8-10-4-3-9(15-5-2-6-15)7-11(10)17-13(16)12(8)14/h3-4,7H,2,5-6H2,1H3. The molecule has 88 valence electrons. The van der Waals surface area contributed by atoms with Crippen molar-refractivity contribution in [3.05, 3.63) is 38.7 Å². The van der Waals surface area contributed by atoms with E-state index in [9.17, 15) is 4.79 Å². The van der Waals surface area contributed by atoms with E-state index >= 15 is 0 Å². The van der Waals surface area contributed by atoms with Gasteiger partial charge in [-0.15, -0.1) is 0 Å². The lowest BCUT2D eigenvalue weighted by molar-refractivity contribution is 0.554. The number of hydrogen-bond donors (Lipinski definition) is 0. The smallest absolute Gasteiger partial charge is 0.350 e. The van der Waals surface area contributed by atoms with Gasteiger partial charge in [-0.3, -0.25) is 0 Å². The van der Waals surface area contributed by atoms with Crippen LogP contribution in [0.4, 0.5) is 5.69 Å². The topological polar surface area (TPSA) is 33.5 Å². The molecule has 0 aliphatic carbocycles. The third-order valence-corrected chi connectivity index (χ3v) is 4.22. The summed E-state index contributed by atoms with van der Waals surface area (Å²) < 4.78 is 5.82. The molecule has 3 nitrogen and oxygen atoms in total. The Morgan fingerprint density at radius 1 is 1.35 bits per heavy atom. The maximum Gasteiger partial charge on any atom is 0.350 e. The molecule has 1 aliphatic rings. The second-order valence-electron chi connectivity index (χ2n) is 4.35. The maximum atomic E-state index is 11.6. The number of hydrogen-bond acceptors (Lipinski definition) is 3. The molecule has 0 saturated carbocycles. The van der Waals surface area contributed by atoms with Gasteiger partial charge in [-0.25, -0.2) is 4.79 Å². The molecule has 0 spiro atoms. The van der Waals surface area contributed by atoms with Crippen LogP contribution in [0, 0.1) is 6.92 Å². The van der Waals surface area contributed by atoms with Crippen LogP contribution in [0.25, 0.3) is 11.0 Å². The van der Waals surface area contributed by atoms with Gasteiger partial charge in [0.2, 0.25) is 0 Å². The first kappa shape index (κ1) is 10.8. The molecule has 2 aromatic rings. The highest BCUT2D eigenvalue weighted by Gasteiger charge is 2.16. The van der Waals surface area contributed by atoms with Crippen molar-refractivity contribution < 1.29 is 4.42 Å². The number of benzene rings is 1. The molecule has 0 amide bonds. The van der Waals surface area contributed by atoms with E-state index in [4.69, 9.17) is 4.42 Å². The van der Waals surface area contributed by atoms with Gasteiger partial charge in [0.25, 0.3) is 0 Å². The fourth-order valence-corrected chi connectivity index (χ4v) is 2.39. The van der Waals surface area contributed by atoms with Gasteiger partial charge in [0, 0.05) is 30.2 Å². The fraction of sp³-hybridized carbons (Fsp3) is 0.308. The molecule has 1 saturated heterocycles. The van der Waals surface area contributed by atoms with Gasteiger partial charge in [0.1, 0.15) is 10.1 Å². The molecule has 1 aromatic carbocycles.